The van der Waals surface area contributed by atoms with Gasteiger partial charge >= 0.3 is 0 Å². The van der Waals surface area contributed by atoms with Crippen LogP contribution in [0, 0.1) is 0 Å². The van der Waals surface area contributed by atoms with E-state index < -0.39 is 0 Å². The van der Waals surface area contributed by atoms with E-state index in [0.29, 0.717) is 28.2 Å². The van der Waals surface area contributed by atoms with Crippen LogP contribution in [0.5, 0.6) is 11.5 Å². The Labute approximate surface area is 178 Å². The van der Waals surface area contributed by atoms with Gasteiger partial charge in [0.15, 0.2) is 16.7 Å². The molecule has 0 bridgehead atoms. The molecular weight excluding hydrogens is 400 g/mol. The largest absolute Gasteiger partial charge is 0.461 e. The van der Waals surface area contributed by atoms with Gasteiger partial charge in [0.2, 0.25) is 5.91 Å². The maximum atomic E-state index is 12.6. The fourth-order valence-electron chi connectivity index (χ4n) is 2.72. The zero-order valence-electron chi connectivity index (χ0n) is 16.5. The minimum atomic E-state index is -0.363. The zero-order chi connectivity index (χ0) is 20.9. The van der Waals surface area contributed by atoms with Gasteiger partial charge in [0.05, 0.1) is 11.5 Å². The first kappa shape index (κ1) is 19.8. The van der Waals surface area contributed by atoms with Crippen LogP contribution in [-0.2, 0) is 11.8 Å². The lowest BCUT2D eigenvalue weighted by molar-refractivity contribution is -0.115. The van der Waals surface area contributed by atoms with Crippen molar-refractivity contribution < 1.29 is 13.9 Å². The number of hydrogen-bond acceptors (Lipinski definition) is 6. The number of benzene rings is 2. The highest BCUT2D eigenvalue weighted by Crippen LogP contribution is 2.27. The van der Waals surface area contributed by atoms with Crippen molar-refractivity contribution >= 4 is 23.4 Å². The average molecular weight is 420 g/mol. The van der Waals surface area contributed by atoms with Crippen LogP contribution in [0.25, 0.3) is 11.6 Å². The van der Waals surface area contributed by atoms with Gasteiger partial charge in [-0.25, -0.2) is 0 Å². The molecule has 4 aromatic rings. The van der Waals surface area contributed by atoms with Crippen molar-refractivity contribution in [3.8, 4) is 23.1 Å². The Morgan fingerprint density at radius 3 is 2.47 bits per heavy atom. The Bertz CT molecular complexity index is 1110. The third kappa shape index (κ3) is 4.55. The van der Waals surface area contributed by atoms with Gasteiger partial charge in [-0.1, -0.05) is 30.0 Å². The number of para-hydroxylation sites is 1. The molecule has 30 heavy (non-hydrogen) atoms. The molecule has 0 fully saturated rings. The molecule has 2 aromatic heterocycles. The lowest BCUT2D eigenvalue weighted by atomic mass is 10.3. The molecule has 1 atom stereocenters. The molecule has 0 aliphatic carbocycles. The van der Waals surface area contributed by atoms with Gasteiger partial charge in [-0.15, -0.1) is 10.2 Å². The monoisotopic (exact) mass is 420 g/mol. The Kier molecular flexibility index (Phi) is 5.85. The highest BCUT2D eigenvalue weighted by molar-refractivity contribution is 8.00. The molecule has 0 aliphatic rings. The van der Waals surface area contributed by atoms with Gasteiger partial charge in [-0.05, 0) is 55.5 Å². The van der Waals surface area contributed by atoms with E-state index in [-0.39, 0.29) is 11.2 Å². The quantitative estimate of drug-likeness (QED) is 0.424. The van der Waals surface area contributed by atoms with Crippen LogP contribution in [0.3, 0.4) is 0 Å². The van der Waals surface area contributed by atoms with Gasteiger partial charge < -0.3 is 19.0 Å². The Hall–Kier alpha value is -3.52. The third-order valence-electron chi connectivity index (χ3n) is 4.33. The van der Waals surface area contributed by atoms with E-state index in [1.54, 1.807) is 12.3 Å². The number of amides is 1. The van der Waals surface area contributed by atoms with E-state index in [0.717, 1.165) is 5.75 Å². The summed E-state index contributed by atoms with van der Waals surface area (Å²) < 4.78 is 12.9. The first-order valence-electron chi connectivity index (χ1n) is 9.34. The number of nitrogens with zero attached hydrogens (tertiary/aromatic N) is 3. The molecule has 7 nitrogen and oxygen atoms in total. The standard InChI is InChI=1S/C22H20N4O3S/c1-15(30-22-25-24-20(26(22)2)19-9-6-14-28-19)21(27)23-16-10-12-18(13-11-16)29-17-7-4-3-5-8-17/h3-15H,1-2H3,(H,23,27). The number of rotatable bonds is 7. The molecule has 0 aliphatic heterocycles. The molecule has 0 spiro atoms. The summed E-state index contributed by atoms with van der Waals surface area (Å²) >= 11 is 1.33. The Morgan fingerprint density at radius 2 is 1.77 bits per heavy atom. The van der Waals surface area contributed by atoms with Gasteiger partial charge in [-0.3, -0.25) is 4.79 Å². The summed E-state index contributed by atoms with van der Waals surface area (Å²) in [6.07, 6.45) is 1.59. The first-order chi connectivity index (χ1) is 14.6. The van der Waals surface area contributed by atoms with Crippen LogP contribution in [0.4, 0.5) is 5.69 Å². The van der Waals surface area contributed by atoms with Crippen molar-refractivity contribution in [3.63, 3.8) is 0 Å². The van der Waals surface area contributed by atoms with Crippen molar-refractivity contribution in [2.75, 3.05) is 5.32 Å². The topological polar surface area (TPSA) is 82.2 Å². The van der Waals surface area contributed by atoms with Crippen molar-refractivity contribution in [3.05, 3.63) is 73.0 Å². The number of hydrogen-bond donors (Lipinski definition) is 1. The number of nitrogens with one attached hydrogen (secondary N) is 1. The second-order valence-electron chi connectivity index (χ2n) is 6.53. The van der Waals surface area contributed by atoms with Crippen LogP contribution < -0.4 is 10.1 Å². The summed E-state index contributed by atoms with van der Waals surface area (Å²) in [5.41, 5.74) is 0.696. The van der Waals surface area contributed by atoms with Crippen LogP contribution in [-0.4, -0.2) is 25.9 Å². The van der Waals surface area contributed by atoms with E-state index in [2.05, 4.69) is 15.5 Å². The summed E-state index contributed by atoms with van der Waals surface area (Å²) in [6, 6.07) is 20.4. The van der Waals surface area contributed by atoms with Gasteiger partial charge in [0.25, 0.3) is 0 Å². The normalized spacial score (nSPS) is 11.8. The maximum absolute atomic E-state index is 12.6. The Balaban J connectivity index is 1.36. The zero-order valence-corrected chi connectivity index (χ0v) is 17.3. The second kappa shape index (κ2) is 8.87. The van der Waals surface area contributed by atoms with E-state index in [4.69, 9.17) is 9.15 Å². The van der Waals surface area contributed by atoms with Gasteiger partial charge in [0.1, 0.15) is 11.5 Å². The molecule has 0 saturated heterocycles. The van der Waals surface area contributed by atoms with Crippen molar-refractivity contribution in [2.45, 2.75) is 17.3 Å². The summed E-state index contributed by atoms with van der Waals surface area (Å²) in [4.78, 5) is 12.6. The highest BCUT2D eigenvalue weighted by atomic mass is 32.2. The van der Waals surface area contributed by atoms with Crippen LogP contribution in [0.2, 0.25) is 0 Å². The summed E-state index contributed by atoms with van der Waals surface area (Å²) in [5.74, 6) is 2.58. The minimum Gasteiger partial charge on any atom is -0.461 e. The van der Waals surface area contributed by atoms with Crippen LogP contribution >= 0.6 is 11.8 Å². The smallest absolute Gasteiger partial charge is 0.237 e. The fraction of sp³-hybridized carbons (Fsp3) is 0.136. The number of aromatic nitrogens is 3. The van der Waals surface area contributed by atoms with E-state index in [1.807, 2.05) is 79.2 Å². The third-order valence-corrected chi connectivity index (χ3v) is 5.46. The molecular formula is C22H20N4O3S. The number of furan rings is 1. The number of carbonyl (C=O) groups is 1. The molecule has 2 heterocycles. The van der Waals surface area contributed by atoms with Crippen LogP contribution in [0.1, 0.15) is 6.92 Å². The Morgan fingerprint density at radius 1 is 1.03 bits per heavy atom. The molecule has 0 radical (unpaired) electrons. The van der Waals surface area contributed by atoms with E-state index >= 15 is 0 Å². The fourth-order valence-corrected chi connectivity index (χ4v) is 3.54. The average Bonchev–Trinajstić information content (AvgIpc) is 3.40. The van der Waals surface area contributed by atoms with Gasteiger partial charge in [-0.2, -0.15) is 0 Å². The molecule has 1 N–H and O–H groups in total. The van der Waals surface area contributed by atoms with Crippen molar-refractivity contribution in [1.29, 1.82) is 0 Å². The molecule has 2 aromatic carbocycles. The van der Waals surface area contributed by atoms with E-state index in [9.17, 15) is 4.79 Å². The lowest BCUT2D eigenvalue weighted by Crippen LogP contribution is -2.22. The second-order valence-corrected chi connectivity index (χ2v) is 7.84. The predicted molar refractivity (Wildman–Crippen MR) is 116 cm³/mol. The lowest BCUT2D eigenvalue weighted by Gasteiger charge is -2.12. The molecule has 1 unspecified atom stereocenters. The number of carbonyl (C=O) groups excluding carboxylic acids is 1. The first-order valence-corrected chi connectivity index (χ1v) is 10.2. The molecule has 4 rings (SSSR count). The molecule has 0 saturated carbocycles. The van der Waals surface area contributed by atoms with Crippen LogP contribution in [0.15, 0.2) is 82.6 Å². The van der Waals surface area contributed by atoms with Gasteiger partial charge in [0, 0.05) is 12.7 Å². The maximum Gasteiger partial charge on any atom is 0.237 e. The summed E-state index contributed by atoms with van der Waals surface area (Å²) in [5, 5.41) is 11.5. The highest BCUT2D eigenvalue weighted by Gasteiger charge is 2.20. The van der Waals surface area contributed by atoms with E-state index in [1.165, 1.54) is 11.8 Å². The van der Waals surface area contributed by atoms with Crippen molar-refractivity contribution in [2.24, 2.45) is 7.05 Å². The summed E-state index contributed by atoms with van der Waals surface area (Å²) in [7, 11) is 1.84. The number of thioether (sulfide) groups is 1. The molecule has 152 valence electrons. The number of anilines is 1. The molecule has 1 amide bonds. The molecule has 8 heteroatoms. The minimum absolute atomic E-state index is 0.126. The predicted octanol–water partition coefficient (Wildman–Crippen LogP) is 4.99. The number of ether oxygens (including phenoxy) is 1. The summed E-state index contributed by atoms with van der Waals surface area (Å²) in [6.45, 7) is 1.83. The van der Waals surface area contributed by atoms with Crippen molar-refractivity contribution in [1.82, 2.24) is 14.8 Å². The SMILES string of the molecule is CC(Sc1nnc(-c2ccco2)n1C)C(=O)Nc1ccc(Oc2ccccc2)cc1.